The van der Waals surface area contributed by atoms with Crippen molar-refractivity contribution in [3.8, 4) is 0 Å². The van der Waals surface area contributed by atoms with E-state index in [1.165, 1.54) is 14.6 Å². The lowest BCUT2D eigenvalue weighted by Gasteiger charge is -1.89. The van der Waals surface area contributed by atoms with E-state index in [4.69, 9.17) is 0 Å². The van der Waals surface area contributed by atoms with Gasteiger partial charge in [-0.1, -0.05) is 35.8 Å². The van der Waals surface area contributed by atoms with Crippen LogP contribution in [-0.4, -0.2) is 0 Å². The van der Waals surface area contributed by atoms with Crippen LogP contribution in [0.2, 0.25) is 0 Å². The quantitative estimate of drug-likeness (QED) is 0.629. The average molecular weight is 243 g/mol. The van der Waals surface area contributed by atoms with Crippen LogP contribution in [0, 0.1) is 0 Å². The Balaban J connectivity index is 0.000000336. The first-order valence-corrected chi connectivity index (χ1v) is 5.67. The van der Waals surface area contributed by atoms with Gasteiger partial charge in [0.2, 0.25) is 0 Å². The van der Waals surface area contributed by atoms with E-state index in [1.807, 2.05) is 13.8 Å². The van der Waals surface area contributed by atoms with Crippen LogP contribution in [0.5, 0.6) is 0 Å². The van der Waals surface area contributed by atoms with E-state index < -0.39 is 0 Å². The number of hydrogen-bond donors (Lipinski definition) is 0. The summed E-state index contributed by atoms with van der Waals surface area (Å²) in [7, 11) is 0. The van der Waals surface area contributed by atoms with Gasteiger partial charge in [0, 0.05) is 14.6 Å². The van der Waals surface area contributed by atoms with Crippen molar-refractivity contribution in [1.29, 1.82) is 0 Å². The summed E-state index contributed by atoms with van der Waals surface area (Å²) in [6.07, 6.45) is 0. The van der Waals surface area contributed by atoms with E-state index in [2.05, 4.69) is 45.6 Å². The molecule has 0 nitrogen and oxygen atoms in total. The molecule has 0 aliphatic heterocycles. The van der Waals surface area contributed by atoms with Crippen molar-refractivity contribution in [1.82, 2.24) is 0 Å². The molecule has 1 heterocycles. The smallest absolute Gasteiger partial charge is 0.0354 e. The normalized spacial score (nSPS) is 9.25. The van der Waals surface area contributed by atoms with E-state index in [-0.39, 0.29) is 0 Å². The molecule has 0 radical (unpaired) electrons. The Hall–Kier alpha value is -0.340. The second kappa shape index (κ2) is 4.63. The summed E-state index contributed by atoms with van der Waals surface area (Å²) in [5, 5.41) is 3.42. The van der Waals surface area contributed by atoms with Crippen LogP contribution >= 0.6 is 27.3 Å². The maximum Gasteiger partial charge on any atom is 0.0354 e. The zero-order chi connectivity index (χ0) is 8.97. The second-order valence-electron chi connectivity index (χ2n) is 2.07. The van der Waals surface area contributed by atoms with E-state index in [1.54, 1.807) is 11.3 Å². The monoisotopic (exact) mass is 242 g/mol. The highest BCUT2D eigenvalue weighted by atomic mass is 79.9. The molecular formula is C10H11BrS. The Morgan fingerprint density at radius 2 is 1.92 bits per heavy atom. The molecule has 0 aliphatic rings. The number of fused-ring (bicyclic) bond motifs is 1. The largest absolute Gasteiger partial charge is 0.144 e. The number of hydrogen-bond acceptors (Lipinski definition) is 1. The molecule has 0 unspecified atom stereocenters. The first kappa shape index (κ1) is 9.75. The molecule has 1 aromatic heterocycles. The van der Waals surface area contributed by atoms with Crippen molar-refractivity contribution in [2.24, 2.45) is 0 Å². The van der Waals surface area contributed by atoms with Crippen LogP contribution in [-0.2, 0) is 0 Å². The second-order valence-corrected chi connectivity index (χ2v) is 3.87. The molecule has 0 N–H and O–H groups in total. The highest BCUT2D eigenvalue weighted by molar-refractivity contribution is 9.10. The van der Waals surface area contributed by atoms with Gasteiger partial charge in [-0.25, -0.2) is 0 Å². The van der Waals surface area contributed by atoms with Crippen LogP contribution in [0.3, 0.4) is 0 Å². The average Bonchev–Trinajstić information content (AvgIpc) is 2.57. The lowest BCUT2D eigenvalue weighted by atomic mass is 10.3. The summed E-state index contributed by atoms with van der Waals surface area (Å²) in [6.45, 7) is 4.00. The zero-order valence-electron chi connectivity index (χ0n) is 7.17. The van der Waals surface area contributed by atoms with Crippen molar-refractivity contribution in [3.05, 3.63) is 34.1 Å². The van der Waals surface area contributed by atoms with E-state index >= 15 is 0 Å². The molecule has 0 atom stereocenters. The SMILES string of the molecule is Brc1cccc2sccc12.CC. The Morgan fingerprint density at radius 1 is 1.17 bits per heavy atom. The maximum atomic E-state index is 3.48. The number of rotatable bonds is 0. The summed E-state index contributed by atoms with van der Waals surface area (Å²) < 4.78 is 2.53. The fourth-order valence-corrected chi connectivity index (χ4v) is 2.40. The van der Waals surface area contributed by atoms with E-state index in [0.717, 1.165) is 0 Å². The molecule has 0 bridgehead atoms. The highest BCUT2D eigenvalue weighted by Gasteiger charge is 1.95. The molecule has 2 aromatic rings. The molecule has 1 aromatic carbocycles. The van der Waals surface area contributed by atoms with Crippen LogP contribution in [0.4, 0.5) is 0 Å². The highest BCUT2D eigenvalue weighted by Crippen LogP contribution is 2.27. The molecule has 2 heteroatoms. The van der Waals surface area contributed by atoms with Crippen molar-refractivity contribution < 1.29 is 0 Å². The lowest BCUT2D eigenvalue weighted by Crippen LogP contribution is -1.62. The van der Waals surface area contributed by atoms with Gasteiger partial charge in [0.15, 0.2) is 0 Å². The molecule has 0 fully saturated rings. The third-order valence-corrected chi connectivity index (χ3v) is 3.02. The number of thiophene rings is 1. The van der Waals surface area contributed by atoms with Gasteiger partial charge in [-0.15, -0.1) is 11.3 Å². The van der Waals surface area contributed by atoms with E-state index in [0.29, 0.717) is 0 Å². The van der Waals surface area contributed by atoms with Gasteiger partial charge in [-0.2, -0.15) is 0 Å². The fourth-order valence-electron chi connectivity index (χ4n) is 0.957. The predicted molar refractivity (Wildman–Crippen MR) is 60.9 cm³/mol. The summed E-state index contributed by atoms with van der Waals surface area (Å²) in [6, 6.07) is 8.38. The molecular weight excluding hydrogens is 232 g/mol. The molecule has 64 valence electrons. The fraction of sp³-hybridized carbons (Fsp3) is 0.200. The third kappa shape index (κ3) is 1.87. The molecule has 0 saturated carbocycles. The molecule has 0 aliphatic carbocycles. The van der Waals surface area contributed by atoms with Crippen LogP contribution in [0.15, 0.2) is 34.1 Å². The van der Waals surface area contributed by atoms with Crippen LogP contribution in [0.1, 0.15) is 13.8 Å². The minimum atomic E-state index is 1.19. The van der Waals surface area contributed by atoms with E-state index in [9.17, 15) is 0 Å². The molecule has 2 rings (SSSR count). The molecule has 12 heavy (non-hydrogen) atoms. The van der Waals surface area contributed by atoms with Crippen molar-refractivity contribution in [2.75, 3.05) is 0 Å². The Kier molecular flexibility index (Phi) is 3.76. The van der Waals surface area contributed by atoms with Gasteiger partial charge < -0.3 is 0 Å². The summed E-state index contributed by atoms with van der Waals surface area (Å²) >= 11 is 5.25. The number of benzene rings is 1. The first-order chi connectivity index (χ1) is 5.88. The van der Waals surface area contributed by atoms with Gasteiger partial charge in [0.25, 0.3) is 0 Å². The summed E-state index contributed by atoms with van der Waals surface area (Å²) in [5.41, 5.74) is 0. The Morgan fingerprint density at radius 3 is 2.58 bits per heavy atom. The Bertz CT molecular complexity index is 351. The summed E-state index contributed by atoms with van der Waals surface area (Å²) in [4.78, 5) is 0. The standard InChI is InChI=1S/C8H5BrS.C2H6/c9-7-2-1-3-8-6(7)4-5-10-8;1-2/h1-5H;1-2H3. The maximum absolute atomic E-state index is 3.48. The zero-order valence-corrected chi connectivity index (χ0v) is 9.58. The first-order valence-electron chi connectivity index (χ1n) is 3.99. The minimum absolute atomic E-state index is 1.19. The van der Waals surface area contributed by atoms with Gasteiger partial charge in [-0.05, 0) is 23.6 Å². The minimum Gasteiger partial charge on any atom is -0.144 e. The topological polar surface area (TPSA) is 0 Å². The lowest BCUT2D eigenvalue weighted by molar-refractivity contribution is 1.50. The summed E-state index contributed by atoms with van der Waals surface area (Å²) in [5.74, 6) is 0. The predicted octanol–water partition coefficient (Wildman–Crippen LogP) is 4.69. The van der Waals surface area contributed by atoms with Crippen molar-refractivity contribution in [3.63, 3.8) is 0 Å². The third-order valence-electron chi connectivity index (χ3n) is 1.44. The molecule has 0 spiro atoms. The van der Waals surface area contributed by atoms with Crippen molar-refractivity contribution >= 4 is 37.4 Å². The van der Waals surface area contributed by atoms with Crippen LogP contribution < -0.4 is 0 Å². The molecule has 0 saturated heterocycles. The van der Waals surface area contributed by atoms with Crippen LogP contribution in [0.25, 0.3) is 10.1 Å². The van der Waals surface area contributed by atoms with Gasteiger partial charge in [0.05, 0.1) is 0 Å². The van der Waals surface area contributed by atoms with Gasteiger partial charge >= 0.3 is 0 Å². The van der Waals surface area contributed by atoms with Gasteiger partial charge in [-0.3, -0.25) is 0 Å². The van der Waals surface area contributed by atoms with Crippen molar-refractivity contribution in [2.45, 2.75) is 13.8 Å². The number of halogens is 1. The van der Waals surface area contributed by atoms with Gasteiger partial charge in [0.1, 0.15) is 0 Å². The molecule has 0 amide bonds. The Labute approximate surface area is 85.4 Å².